The van der Waals surface area contributed by atoms with Crippen molar-refractivity contribution < 1.29 is 33.3 Å². The molecule has 0 bridgehead atoms. The molecule has 0 aliphatic carbocycles. The SMILES string of the molecule is Cc1c(-c2cc3cc(OCC=C4OC(=O)C[NH+]4[O-])ccc3o2)oc(=O)c(C)c1O. The third kappa shape index (κ3) is 3.48. The lowest BCUT2D eigenvalue weighted by atomic mass is 10.1. The van der Waals surface area contributed by atoms with Crippen molar-refractivity contribution in [3.8, 4) is 23.0 Å². The summed E-state index contributed by atoms with van der Waals surface area (Å²) in [5.41, 5.74) is 0.439. The second kappa shape index (κ2) is 7.12. The van der Waals surface area contributed by atoms with Gasteiger partial charge in [-0.2, -0.15) is 0 Å². The van der Waals surface area contributed by atoms with Gasteiger partial charge in [-0.15, -0.1) is 0 Å². The number of quaternary nitrogens is 1. The molecule has 3 aromatic rings. The number of ether oxygens (including phenoxy) is 2. The summed E-state index contributed by atoms with van der Waals surface area (Å²) >= 11 is 0. The molecule has 0 radical (unpaired) electrons. The summed E-state index contributed by atoms with van der Waals surface area (Å²) in [7, 11) is 0. The fraction of sp³-hybridized carbons (Fsp3) is 0.200. The highest BCUT2D eigenvalue weighted by Crippen LogP contribution is 2.34. The lowest BCUT2D eigenvalue weighted by molar-refractivity contribution is -0.799. The molecule has 1 unspecified atom stereocenters. The standard InChI is InChI=1S/C20H17NO8/c1-10-18(23)11(2)20(24)29-19(10)15-8-12-7-13(3-4-14(12)27-15)26-6-5-16-21(25)9-17(22)28-16/h3-5,7-8,21,23H,6,9H2,1-2H3. The molecule has 2 N–H and O–H groups in total. The average Bonchev–Trinajstić information content (AvgIpc) is 3.25. The van der Waals surface area contributed by atoms with Crippen LogP contribution in [0.25, 0.3) is 22.5 Å². The van der Waals surface area contributed by atoms with Gasteiger partial charge in [-0.3, -0.25) is 5.06 Å². The van der Waals surface area contributed by atoms with E-state index in [0.717, 1.165) is 0 Å². The van der Waals surface area contributed by atoms with Gasteiger partial charge in [0.2, 0.25) is 0 Å². The predicted octanol–water partition coefficient (Wildman–Crippen LogP) is 1.54. The van der Waals surface area contributed by atoms with Crippen molar-refractivity contribution in [2.24, 2.45) is 0 Å². The second-order valence-corrected chi connectivity index (χ2v) is 6.58. The van der Waals surface area contributed by atoms with Gasteiger partial charge in [-0.25, -0.2) is 9.59 Å². The van der Waals surface area contributed by atoms with Crippen molar-refractivity contribution in [3.63, 3.8) is 0 Å². The number of aromatic hydroxyl groups is 1. The Hall–Kier alpha value is -3.56. The maximum absolute atomic E-state index is 11.9. The van der Waals surface area contributed by atoms with Crippen molar-refractivity contribution in [2.75, 3.05) is 13.2 Å². The first kappa shape index (κ1) is 18.8. The number of fused-ring (bicyclic) bond motifs is 1. The zero-order valence-electron chi connectivity index (χ0n) is 15.6. The van der Waals surface area contributed by atoms with E-state index in [1.54, 1.807) is 31.2 Å². The van der Waals surface area contributed by atoms with Gasteiger partial charge >= 0.3 is 11.6 Å². The number of nitrogens with one attached hydrogen (secondary N) is 1. The predicted molar refractivity (Wildman–Crippen MR) is 100 cm³/mol. The van der Waals surface area contributed by atoms with Gasteiger partial charge in [-0.05, 0) is 38.1 Å². The Balaban J connectivity index is 1.58. The van der Waals surface area contributed by atoms with Gasteiger partial charge < -0.3 is 28.6 Å². The van der Waals surface area contributed by atoms with E-state index in [9.17, 15) is 19.9 Å². The largest absolute Gasteiger partial charge is 0.626 e. The molecule has 2 aromatic heterocycles. The first-order chi connectivity index (χ1) is 13.8. The Morgan fingerprint density at radius 2 is 2.00 bits per heavy atom. The normalized spacial score (nSPS) is 17.8. The number of esters is 1. The maximum Gasteiger partial charge on any atom is 0.371 e. The lowest BCUT2D eigenvalue weighted by Crippen LogP contribution is -3.03. The van der Waals surface area contributed by atoms with Crippen LogP contribution in [0.3, 0.4) is 0 Å². The monoisotopic (exact) mass is 399 g/mol. The van der Waals surface area contributed by atoms with Gasteiger partial charge in [0, 0.05) is 10.9 Å². The minimum absolute atomic E-state index is 0.00800. The number of rotatable bonds is 4. The number of carbonyl (C=O) groups excluding carboxylic acids is 1. The molecule has 1 aliphatic heterocycles. The number of hydroxylamine groups is 2. The Bertz CT molecular complexity index is 1200. The van der Waals surface area contributed by atoms with E-state index in [4.69, 9.17) is 18.3 Å². The van der Waals surface area contributed by atoms with Crippen LogP contribution in [0.4, 0.5) is 0 Å². The van der Waals surface area contributed by atoms with Crippen LogP contribution in [0, 0.1) is 19.1 Å². The van der Waals surface area contributed by atoms with E-state index in [-0.39, 0.29) is 41.2 Å². The molecule has 1 saturated heterocycles. The van der Waals surface area contributed by atoms with E-state index in [1.807, 2.05) is 0 Å². The van der Waals surface area contributed by atoms with Crippen LogP contribution in [0.15, 0.2) is 49.9 Å². The topological polar surface area (TPSA) is 127 Å². The molecule has 1 fully saturated rings. The highest BCUT2D eigenvalue weighted by Gasteiger charge is 2.25. The number of cyclic esters (lactones) is 1. The molecular formula is C20H17NO8. The summed E-state index contributed by atoms with van der Waals surface area (Å²) in [4.78, 5) is 22.9. The summed E-state index contributed by atoms with van der Waals surface area (Å²) in [6.45, 7) is 2.91. The van der Waals surface area contributed by atoms with E-state index < -0.39 is 11.6 Å². The van der Waals surface area contributed by atoms with Crippen LogP contribution >= 0.6 is 0 Å². The highest BCUT2D eigenvalue weighted by molar-refractivity contribution is 5.84. The van der Waals surface area contributed by atoms with E-state index in [1.165, 1.54) is 13.0 Å². The van der Waals surface area contributed by atoms with Crippen LogP contribution in [-0.4, -0.2) is 24.2 Å². The molecular weight excluding hydrogens is 382 g/mol. The number of carbonyl (C=O) groups is 1. The summed E-state index contributed by atoms with van der Waals surface area (Å²) in [5, 5.41) is 21.9. The summed E-state index contributed by atoms with van der Waals surface area (Å²) in [6.07, 6.45) is 1.41. The fourth-order valence-electron chi connectivity index (χ4n) is 2.99. The number of benzene rings is 1. The molecule has 1 aliphatic rings. The van der Waals surface area contributed by atoms with Crippen LogP contribution < -0.4 is 15.4 Å². The number of furan rings is 1. The smallest absolute Gasteiger partial charge is 0.371 e. The zero-order chi connectivity index (χ0) is 20.7. The summed E-state index contributed by atoms with van der Waals surface area (Å²) < 4.78 is 21.4. The number of hydrogen-bond acceptors (Lipinski definition) is 8. The van der Waals surface area contributed by atoms with Crippen LogP contribution in [0.5, 0.6) is 11.5 Å². The highest BCUT2D eigenvalue weighted by atomic mass is 16.6. The third-order valence-corrected chi connectivity index (χ3v) is 4.59. The Labute approximate surface area is 163 Å². The van der Waals surface area contributed by atoms with E-state index >= 15 is 0 Å². The third-order valence-electron chi connectivity index (χ3n) is 4.59. The number of hydrogen-bond donors (Lipinski definition) is 2. The molecule has 0 saturated carbocycles. The zero-order valence-corrected chi connectivity index (χ0v) is 15.6. The van der Waals surface area contributed by atoms with Crippen molar-refractivity contribution in [1.29, 1.82) is 0 Å². The van der Waals surface area contributed by atoms with Crippen LogP contribution in [0.2, 0.25) is 0 Å². The second-order valence-electron chi connectivity index (χ2n) is 6.58. The summed E-state index contributed by atoms with van der Waals surface area (Å²) in [5.74, 6) is 0.249. The molecule has 0 spiro atoms. The van der Waals surface area contributed by atoms with E-state index in [0.29, 0.717) is 28.0 Å². The first-order valence-electron chi connectivity index (χ1n) is 8.77. The Kier molecular flexibility index (Phi) is 4.61. The van der Waals surface area contributed by atoms with Gasteiger partial charge in [0.15, 0.2) is 18.1 Å². The average molecular weight is 399 g/mol. The van der Waals surface area contributed by atoms with Gasteiger partial charge in [-0.1, -0.05) is 0 Å². The lowest BCUT2D eigenvalue weighted by Gasteiger charge is -2.11. The van der Waals surface area contributed by atoms with Crippen molar-refractivity contribution in [3.05, 3.63) is 63.0 Å². The van der Waals surface area contributed by atoms with Gasteiger partial charge in [0.05, 0.1) is 11.6 Å². The fourth-order valence-corrected chi connectivity index (χ4v) is 2.99. The molecule has 1 atom stereocenters. The van der Waals surface area contributed by atoms with E-state index in [2.05, 4.69) is 0 Å². The Morgan fingerprint density at radius 3 is 2.72 bits per heavy atom. The maximum atomic E-state index is 11.9. The minimum Gasteiger partial charge on any atom is -0.626 e. The quantitative estimate of drug-likeness (QED) is 0.500. The van der Waals surface area contributed by atoms with Crippen molar-refractivity contribution in [1.82, 2.24) is 0 Å². The van der Waals surface area contributed by atoms with Crippen LogP contribution in [0.1, 0.15) is 11.1 Å². The molecule has 9 nitrogen and oxygen atoms in total. The molecule has 29 heavy (non-hydrogen) atoms. The minimum atomic E-state index is -0.636. The van der Waals surface area contributed by atoms with Crippen molar-refractivity contribution in [2.45, 2.75) is 13.8 Å². The van der Waals surface area contributed by atoms with Gasteiger partial charge in [0.1, 0.15) is 23.7 Å². The van der Waals surface area contributed by atoms with Crippen molar-refractivity contribution >= 4 is 16.9 Å². The molecule has 0 amide bonds. The Morgan fingerprint density at radius 1 is 1.21 bits per heavy atom. The molecule has 150 valence electrons. The molecule has 4 rings (SSSR count). The summed E-state index contributed by atoms with van der Waals surface area (Å²) in [6, 6.07) is 6.74. The molecule has 9 heteroatoms. The first-order valence-corrected chi connectivity index (χ1v) is 8.77. The van der Waals surface area contributed by atoms with Crippen LogP contribution in [-0.2, 0) is 9.53 Å². The molecule has 1 aromatic carbocycles. The molecule has 3 heterocycles. The van der Waals surface area contributed by atoms with Gasteiger partial charge in [0.25, 0.3) is 5.88 Å².